The van der Waals surface area contributed by atoms with Crippen LogP contribution in [0, 0.1) is 0 Å². The molecule has 2 rings (SSSR count). The van der Waals surface area contributed by atoms with Crippen LogP contribution in [0.15, 0.2) is 24.3 Å². The van der Waals surface area contributed by atoms with Crippen molar-refractivity contribution in [2.45, 2.75) is 64.8 Å². The van der Waals surface area contributed by atoms with Crippen molar-refractivity contribution in [3.8, 4) is 0 Å². The van der Waals surface area contributed by atoms with Gasteiger partial charge < -0.3 is 20.7 Å². The molecule has 138 valence electrons. The second-order valence-electron chi connectivity index (χ2n) is 7.39. The fraction of sp³-hybridized carbons (Fsp3) is 0.579. The third-order valence-corrected chi connectivity index (χ3v) is 3.96. The lowest BCUT2D eigenvalue weighted by Crippen LogP contribution is -2.48. The van der Waals surface area contributed by atoms with E-state index in [1.54, 1.807) is 0 Å². The molecule has 1 saturated heterocycles. The molecular formula is C19H29N3O3. The molecule has 1 atom stereocenters. The van der Waals surface area contributed by atoms with E-state index in [0.29, 0.717) is 26.1 Å². The standard InChI is InChI=1S/C19H29N3O3/c1-19(2,3)25-13-15-8-6-7-14(11-15)12-21-18(24)22-16-9-4-5-10-20-17(16)23/h6-8,11,16H,4-5,9-10,12-13H2,1-3H3,(H,20,23)(H2,21,22,24). The number of amides is 3. The summed E-state index contributed by atoms with van der Waals surface area (Å²) < 4.78 is 5.78. The minimum absolute atomic E-state index is 0.103. The summed E-state index contributed by atoms with van der Waals surface area (Å²) in [7, 11) is 0. The number of hydrogen-bond acceptors (Lipinski definition) is 3. The van der Waals surface area contributed by atoms with Crippen LogP contribution in [0.5, 0.6) is 0 Å². The van der Waals surface area contributed by atoms with Crippen molar-refractivity contribution < 1.29 is 14.3 Å². The number of carbonyl (C=O) groups excluding carboxylic acids is 2. The zero-order valence-corrected chi connectivity index (χ0v) is 15.4. The van der Waals surface area contributed by atoms with Gasteiger partial charge in [0.15, 0.2) is 0 Å². The van der Waals surface area contributed by atoms with Crippen molar-refractivity contribution in [1.29, 1.82) is 0 Å². The highest BCUT2D eigenvalue weighted by atomic mass is 16.5. The van der Waals surface area contributed by atoms with Crippen LogP contribution in [0.2, 0.25) is 0 Å². The third-order valence-electron chi connectivity index (χ3n) is 3.96. The van der Waals surface area contributed by atoms with Crippen LogP contribution < -0.4 is 16.0 Å². The predicted octanol–water partition coefficient (Wildman–Crippen LogP) is 2.47. The number of rotatable bonds is 5. The number of hydrogen-bond donors (Lipinski definition) is 3. The molecule has 6 heteroatoms. The molecule has 1 heterocycles. The third kappa shape index (κ3) is 7.13. The Balaban J connectivity index is 1.82. The molecule has 6 nitrogen and oxygen atoms in total. The van der Waals surface area contributed by atoms with Gasteiger partial charge in [0.05, 0.1) is 12.2 Å². The maximum Gasteiger partial charge on any atom is 0.315 e. The van der Waals surface area contributed by atoms with E-state index in [0.717, 1.165) is 24.0 Å². The summed E-state index contributed by atoms with van der Waals surface area (Å²) in [6.45, 7) is 7.68. The van der Waals surface area contributed by atoms with Gasteiger partial charge in [0, 0.05) is 13.1 Å². The smallest absolute Gasteiger partial charge is 0.315 e. The Bertz CT molecular complexity index is 596. The molecule has 1 aromatic rings. The Morgan fingerprint density at radius 3 is 2.80 bits per heavy atom. The van der Waals surface area contributed by atoms with Gasteiger partial charge in [-0.2, -0.15) is 0 Å². The van der Waals surface area contributed by atoms with E-state index in [1.807, 2.05) is 45.0 Å². The van der Waals surface area contributed by atoms with Crippen LogP contribution in [0.4, 0.5) is 4.79 Å². The lowest BCUT2D eigenvalue weighted by Gasteiger charge is -2.20. The molecule has 1 fully saturated rings. The number of urea groups is 1. The average molecular weight is 347 g/mol. The largest absolute Gasteiger partial charge is 0.371 e. The monoisotopic (exact) mass is 347 g/mol. The van der Waals surface area contributed by atoms with E-state index in [4.69, 9.17) is 4.74 Å². The van der Waals surface area contributed by atoms with Crippen molar-refractivity contribution >= 4 is 11.9 Å². The first-order valence-corrected chi connectivity index (χ1v) is 8.87. The highest BCUT2D eigenvalue weighted by molar-refractivity contribution is 5.87. The molecule has 1 aliphatic rings. The van der Waals surface area contributed by atoms with E-state index < -0.39 is 6.04 Å². The Kier molecular flexibility index (Phi) is 6.82. The van der Waals surface area contributed by atoms with Crippen LogP contribution in [0.3, 0.4) is 0 Å². The van der Waals surface area contributed by atoms with Crippen LogP contribution >= 0.6 is 0 Å². The summed E-state index contributed by atoms with van der Waals surface area (Å²) in [4.78, 5) is 23.9. The molecule has 25 heavy (non-hydrogen) atoms. The van der Waals surface area contributed by atoms with E-state index in [1.165, 1.54) is 0 Å². The fourth-order valence-corrected chi connectivity index (χ4v) is 2.60. The van der Waals surface area contributed by atoms with Crippen molar-refractivity contribution in [2.75, 3.05) is 6.54 Å². The molecular weight excluding hydrogens is 318 g/mol. The first kappa shape index (κ1) is 19.2. The van der Waals surface area contributed by atoms with Gasteiger partial charge in [-0.1, -0.05) is 24.3 Å². The molecule has 0 aromatic heterocycles. The van der Waals surface area contributed by atoms with Gasteiger partial charge in [0.1, 0.15) is 6.04 Å². The van der Waals surface area contributed by atoms with Crippen molar-refractivity contribution in [3.63, 3.8) is 0 Å². The van der Waals surface area contributed by atoms with Crippen LogP contribution in [0.25, 0.3) is 0 Å². The van der Waals surface area contributed by atoms with Crippen molar-refractivity contribution in [2.24, 2.45) is 0 Å². The minimum atomic E-state index is -0.450. The van der Waals surface area contributed by atoms with Crippen LogP contribution in [-0.2, 0) is 22.7 Å². The Hall–Kier alpha value is -2.08. The van der Waals surface area contributed by atoms with E-state index in [2.05, 4.69) is 16.0 Å². The Morgan fingerprint density at radius 1 is 1.28 bits per heavy atom. The maximum absolute atomic E-state index is 12.1. The van der Waals surface area contributed by atoms with Gasteiger partial charge in [-0.15, -0.1) is 0 Å². The zero-order chi connectivity index (χ0) is 18.3. The van der Waals surface area contributed by atoms with E-state index in [9.17, 15) is 9.59 Å². The van der Waals surface area contributed by atoms with Gasteiger partial charge in [0.25, 0.3) is 0 Å². The molecule has 0 radical (unpaired) electrons. The molecule has 1 aromatic carbocycles. The summed E-state index contributed by atoms with van der Waals surface area (Å²) in [5.74, 6) is -0.103. The van der Waals surface area contributed by atoms with Gasteiger partial charge in [0.2, 0.25) is 5.91 Å². The fourth-order valence-electron chi connectivity index (χ4n) is 2.60. The predicted molar refractivity (Wildman–Crippen MR) is 97.0 cm³/mol. The second-order valence-corrected chi connectivity index (χ2v) is 7.39. The summed E-state index contributed by atoms with van der Waals surface area (Å²) in [5.41, 5.74) is 1.88. The van der Waals surface area contributed by atoms with Gasteiger partial charge in [-0.25, -0.2) is 4.79 Å². The Morgan fingerprint density at radius 2 is 2.04 bits per heavy atom. The number of carbonyl (C=O) groups is 2. The molecule has 3 N–H and O–H groups in total. The number of ether oxygens (including phenoxy) is 1. The number of benzene rings is 1. The summed E-state index contributed by atoms with van der Waals surface area (Å²) >= 11 is 0. The van der Waals surface area contributed by atoms with Gasteiger partial charge >= 0.3 is 6.03 Å². The highest BCUT2D eigenvalue weighted by Crippen LogP contribution is 2.13. The van der Waals surface area contributed by atoms with Crippen molar-refractivity contribution in [1.82, 2.24) is 16.0 Å². The highest BCUT2D eigenvalue weighted by Gasteiger charge is 2.22. The first-order valence-electron chi connectivity index (χ1n) is 8.87. The lowest BCUT2D eigenvalue weighted by atomic mass is 10.1. The van der Waals surface area contributed by atoms with Crippen molar-refractivity contribution in [3.05, 3.63) is 35.4 Å². The molecule has 0 bridgehead atoms. The van der Waals surface area contributed by atoms with E-state index >= 15 is 0 Å². The average Bonchev–Trinajstić information content (AvgIpc) is 2.76. The van der Waals surface area contributed by atoms with Crippen LogP contribution in [-0.4, -0.2) is 30.1 Å². The van der Waals surface area contributed by atoms with Gasteiger partial charge in [-0.3, -0.25) is 4.79 Å². The molecule has 3 amide bonds. The maximum atomic E-state index is 12.1. The topological polar surface area (TPSA) is 79.5 Å². The van der Waals surface area contributed by atoms with Gasteiger partial charge in [-0.05, 0) is 51.2 Å². The van der Waals surface area contributed by atoms with Crippen LogP contribution in [0.1, 0.15) is 51.2 Å². The minimum Gasteiger partial charge on any atom is -0.371 e. The lowest BCUT2D eigenvalue weighted by molar-refractivity contribution is -0.122. The first-order chi connectivity index (χ1) is 11.8. The molecule has 1 aliphatic heterocycles. The molecule has 0 saturated carbocycles. The zero-order valence-electron chi connectivity index (χ0n) is 15.4. The summed E-state index contributed by atoms with van der Waals surface area (Å²) in [5, 5.41) is 8.38. The van der Waals surface area contributed by atoms with E-state index in [-0.39, 0.29) is 17.5 Å². The molecule has 0 spiro atoms. The molecule has 1 unspecified atom stereocenters. The quantitative estimate of drug-likeness (QED) is 0.765. The normalized spacial score (nSPS) is 18.2. The second kappa shape index (κ2) is 8.85. The Labute approximate surface area is 149 Å². The summed E-state index contributed by atoms with van der Waals surface area (Å²) in [6.07, 6.45) is 2.56. The molecule has 0 aliphatic carbocycles. The summed E-state index contributed by atoms with van der Waals surface area (Å²) in [6, 6.07) is 7.16. The SMILES string of the molecule is CC(C)(C)OCc1cccc(CNC(=O)NC2CCCCNC2=O)c1. The number of nitrogens with one attached hydrogen (secondary N) is 3.